The molecule has 0 saturated carbocycles. The summed E-state index contributed by atoms with van der Waals surface area (Å²) in [5.74, 6) is 3.58. The van der Waals surface area contributed by atoms with Crippen LogP contribution < -0.4 is 18.9 Å². The first-order chi connectivity index (χ1) is 32.5. The number of hydrogen-bond donors (Lipinski definition) is 0. The second-order valence-corrected chi connectivity index (χ2v) is 17.1. The lowest BCUT2D eigenvalue weighted by Gasteiger charge is -2.49. The predicted molar refractivity (Wildman–Crippen MR) is 250 cm³/mol. The first-order valence-corrected chi connectivity index (χ1v) is 24.3. The van der Waals surface area contributed by atoms with Gasteiger partial charge in [-0.1, -0.05) is 60.7 Å². The van der Waals surface area contributed by atoms with Gasteiger partial charge in [0.2, 0.25) is 0 Å². The topological polar surface area (TPSA) is 121 Å². The van der Waals surface area contributed by atoms with Crippen molar-refractivity contribution >= 4 is 58.5 Å². The normalized spacial score (nSPS) is 19.3. The van der Waals surface area contributed by atoms with E-state index in [0.29, 0.717) is 122 Å². The first kappa shape index (κ1) is 48.1. The minimum Gasteiger partial charge on any atom is -0.491 e. The van der Waals surface area contributed by atoms with Crippen molar-refractivity contribution in [3.8, 4) is 23.0 Å². The van der Waals surface area contributed by atoms with Gasteiger partial charge < -0.3 is 37.9 Å². The van der Waals surface area contributed by atoms with Crippen LogP contribution in [-0.2, 0) is 56.5 Å². The summed E-state index contributed by atoms with van der Waals surface area (Å²) in [4.78, 5) is 39.7. The Morgan fingerprint density at radius 1 is 0.364 bits per heavy atom. The number of rotatable bonds is 26. The quantitative estimate of drug-likeness (QED) is 0.0451. The van der Waals surface area contributed by atoms with Crippen molar-refractivity contribution in [2.24, 2.45) is 0 Å². The second-order valence-electron chi connectivity index (χ2n) is 15.6. The van der Waals surface area contributed by atoms with Gasteiger partial charge in [-0.3, -0.25) is 19.6 Å². The molecule has 354 valence electrons. The van der Waals surface area contributed by atoms with Gasteiger partial charge in [-0.05, 0) is 24.3 Å². The summed E-state index contributed by atoms with van der Waals surface area (Å²) >= 11 is 23.6. The average molecular weight is 989 g/mol. The van der Waals surface area contributed by atoms with Crippen LogP contribution in [0.25, 0.3) is 0 Å². The van der Waals surface area contributed by atoms with Crippen LogP contribution in [0.4, 0.5) is 9.59 Å². The van der Waals surface area contributed by atoms with Gasteiger partial charge >= 0.3 is 12.1 Å². The van der Waals surface area contributed by atoms with E-state index < -0.39 is 11.3 Å². The Labute approximate surface area is 405 Å². The second kappa shape index (κ2) is 22.6. The van der Waals surface area contributed by atoms with Crippen molar-refractivity contribution in [3.05, 3.63) is 118 Å². The summed E-state index contributed by atoms with van der Waals surface area (Å²) in [5.41, 5.74) is 1.40. The molecule has 0 aliphatic carbocycles. The van der Waals surface area contributed by atoms with Crippen molar-refractivity contribution < 1.29 is 47.5 Å². The van der Waals surface area contributed by atoms with Crippen LogP contribution in [0.1, 0.15) is 33.4 Å². The molecule has 4 aromatic rings. The maximum atomic E-state index is 16.2. The number of alkyl halides is 4. The van der Waals surface area contributed by atoms with E-state index in [2.05, 4.69) is 0 Å². The van der Waals surface area contributed by atoms with Gasteiger partial charge in [-0.25, -0.2) is 9.59 Å². The molecule has 0 aromatic heterocycles. The lowest BCUT2D eigenvalue weighted by atomic mass is 9.79. The number of nitrogens with zero attached hydrogens (tertiary/aromatic N) is 4. The maximum Gasteiger partial charge on any atom is 0.325 e. The molecule has 14 nitrogen and oxygen atoms in total. The van der Waals surface area contributed by atoms with E-state index >= 15 is 9.59 Å². The minimum atomic E-state index is -1.46. The standard InChI is InChI=1S/C48H54Cl4N4O10/c49-15-19-59-23-27-63-41-11-12-42(64-28-24-60-20-16-50)38-32-54-46(58)56-34-40-39(43(65-29-25-61-21-17-51)13-14-44(40)66-30-26-62-22-18-52)33-55-45(57)53(31-37(38)41)47(54,35-7-3-1-4-8-35)48(55,56)36-9-5-2-6-10-36/h1-14H,15-34H2. The molecule has 2 fully saturated rings. The van der Waals surface area contributed by atoms with Crippen molar-refractivity contribution in [1.29, 1.82) is 0 Å². The fraction of sp³-hybridized carbons (Fsp3) is 0.458. The Balaban J connectivity index is 1.32. The van der Waals surface area contributed by atoms with Crippen molar-refractivity contribution in [2.75, 3.05) is 103 Å². The van der Waals surface area contributed by atoms with Crippen molar-refractivity contribution in [2.45, 2.75) is 37.5 Å². The Morgan fingerprint density at radius 3 is 0.864 bits per heavy atom. The number of halogens is 4. The zero-order valence-corrected chi connectivity index (χ0v) is 39.6. The number of amides is 4. The molecule has 8 rings (SSSR count). The van der Waals surface area contributed by atoms with Gasteiger partial charge in [0.15, 0.2) is 11.3 Å². The molecule has 0 bridgehead atoms. The predicted octanol–water partition coefficient (Wildman–Crippen LogP) is 8.13. The van der Waals surface area contributed by atoms with E-state index in [1.165, 1.54) is 0 Å². The fourth-order valence-corrected chi connectivity index (χ4v) is 10.1. The molecule has 2 saturated heterocycles. The molecule has 0 spiro atoms. The van der Waals surface area contributed by atoms with Crippen LogP contribution >= 0.6 is 46.4 Å². The third kappa shape index (κ3) is 9.03. The van der Waals surface area contributed by atoms with E-state index in [1.54, 1.807) is 0 Å². The van der Waals surface area contributed by atoms with Gasteiger partial charge in [-0.15, -0.1) is 46.4 Å². The van der Waals surface area contributed by atoms with E-state index in [0.717, 1.165) is 11.1 Å². The van der Waals surface area contributed by atoms with Gasteiger partial charge in [0, 0.05) is 56.9 Å². The molecule has 0 N–H and O–H groups in total. The number of urea groups is 2. The molecule has 4 aliphatic heterocycles. The van der Waals surface area contributed by atoms with Gasteiger partial charge in [0.05, 0.1) is 79.0 Å². The monoisotopic (exact) mass is 986 g/mol. The molecule has 0 radical (unpaired) electrons. The maximum absolute atomic E-state index is 16.2. The van der Waals surface area contributed by atoms with Crippen LogP contribution in [0.2, 0.25) is 0 Å². The number of fused-ring (bicyclic) bond motifs is 2. The number of hydrogen-bond acceptors (Lipinski definition) is 10. The molecule has 66 heavy (non-hydrogen) atoms. The van der Waals surface area contributed by atoms with Crippen molar-refractivity contribution in [1.82, 2.24) is 19.6 Å². The molecule has 4 aliphatic rings. The molecule has 4 heterocycles. The molecular formula is C48H54Cl4N4O10. The zero-order chi connectivity index (χ0) is 45.9. The molecule has 0 atom stereocenters. The zero-order valence-electron chi connectivity index (χ0n) is 36.6. The number of benzene rings is 4. The summed E-state index contributed by atoms with van der Waals surface area (Å²) < 4.78 is 48.5. The van der Waals surface area contributed by atoms with Gasteiger partial charge in [0.25, 0.3) is 0 Å². The summed E-state index contributed by atoms with van der Waals surface area (Å²) in [6.45, 7) is 3.85. The van der Waals surface area contributed by atoms with Crippen LogP contribution in [0, 0.1) is 0 Å². The third-order valence-electron chi connectivity index (χ3n) is 12.1. The van der Waals surface area contributed by atoms with Crippen LogP contribution in [0.3, 0.4) is 0 Å². The number of carbonyl (C=O) groups excluding carboxylic acids is 2. The third-order valence-corrected chi connectivity index (χ3v) is 12.7. The van der Waals surface area contributed by atoms with Gasteiger partial charge in [0.1, 0.15) is 49.4 Å². The van der Waals surface area contributed by atoms with Crippen LogP contribution in [0.15, 0.2) is 84.9 Å². The lowest BCUT2D eigenvalue weighted by Crippen LogP contribution is -2.62. The Hall–Kier alpha value is -4.38. The molecule has 18 heteroatoms. The summed E-state index contributed by atoms with van der Waals surface area (Å²) in [6, 6.07) is 26.4. The lowest BCUT2D eigenvalue weighted by molar-refractivity contribution is -0.0796. The average Bonchev–Trinajstić information content (AvgIpc) is 3.49. The highest BCUT2D eigenvalue weighted by atomic mass is 35.5. The number of ether oxygens (including phenoxy) is 8. The summed E-state index contributed by atoms with van der Waals surface area (Å²) in [7, 11) is 0. The smallest absolute Gasteiger partial charge is 0.325 e. The van der Waals surface area contributed by atoms with E-state index in [-0.39, 0.29) is 64.7 Å². The highest BCUT2D eigenvalue weighted by Gasteiger charge is 2.81. The molecule has 4 amide bonds. The van der Waals surface area contributed by atoms with Crippen LogP contribution in [-0.4, -0.2) is 134 Å². The molecule has 4 aromatic carbocycles. The van der Waals surface area contributed by atoms with Gasteiger partial charge in [-0.2, -0.15) is 0 Å². The van der Waals surface area contributed by atoms with Crippen molar-refractivity contribution in [3.63, 3.8) is 0 Å². The van der Waals surface area contributed by atoms with Crippen LogP contribution in [0.5, 0.6) is 23.0 Å². The van der Waals surface area contributed by atoms with E-state index in [1.807, 2.05) is 105 Å². The summed E-state index contributed by atoms with van der Waals surface area (Å²) in [5, 5.41) is 0. The highest BCUT2D eigenvalue weighted by Crippen LogP contribution is 2.66. The largest absolute Gasteiger partial charge is 0.491 e. The fourth-order valence-electron chi connectivity index (χ4n) is 9.62. The minimum absolute atomic E-state index is 0.0587. The SMILES string of the molecule is O=C1N2Cc3c(OCCOCCCl)ccc(OCCOCCCl)c3CN3C(=O)N4Cc5c(OCCOCCCl)ccc(OCCOCCCl)c5CN1C4(c1ccccc1)C23c1ccccc1. The first-order valence-electron chi connectivity index (χ1n) is 22.1. The Bertz CT molecular complexity index is 2000. The molecule has 0 unspecified atom stereocenters. The Kier molecular flexibility index (Phi) is 16.5. The highest BCUT2D eigenvalue weighted by molar-refractivity contribution is 6.18. The van der Waals surface area contributed by atoms with E-state index in [4.69, 9.17) is 84.3 Å². The summed E-state index contributed by atoms with van der Waals surface area (Å²) in [6.07, 6.45) is 0. The Morgan fingerprint density at radius 2 is 0.621 bits per heavy atom. The van der Waals surface area contributed by atoms with E-state index in [9.17, 15) is 0 Å². The molecular weight excluding hydrogens is 934 g/mol. The number of carbonyl (C=O) groups is 2.